The van der Waals surface area contributed by atoms with E-state index in [-0.39, 0.29) is 0 Å². The summed E-state index contributed by atoms with van der Waals surface area (Å²) in [7, 11) is 3.15. The first-order chi connectivity index (χ1) is 13.6. The molecule has 0 atom stereocenters. The van der Waals surface area contributed by atoms with Crippen LogP contribution in [0.4, 0.5) is 0 Å². The Hall–Kier alpha value is -3.53. The number of aryl methyl sites for hydroxylation is 1. The molecule has 0 N–H and O–H groups in total. The van der Waals surface area contributed by atoms with E-state index < -0.39 is 5.97 Å². The first kappa shape index (κ1) is 19.2. The molecule has 4 nitrogen and oxygen atoms in total. The van der Waals surface area contributed by atoms with Gasteiger partial charge in [0.25, 0.3) is 0 Å². The van der Waals surface area contributed by atoms with E-state index in [0.717, 1.165) is 16.7 Å². The van der Waals surface area contributed by atoms with Crippen molar-refractivity contribution in [2.45, 2.75) is 6.92 Å². The summed E-state index contributed by atoms with van der Waals surface area (Å²) in [5.74, 6) is 1.29. The van der Waals surface area contributed by atoms with Crippen molar-refractivity contribution in [2.75, 3.05) is 14.2 Å². The Balaban J connectivity index is 1.64. The fourth-order valence-corrected chi connectivity index (χ4v) is 2.73. The van der Waals surface area contributed by atoms with Gasteiger partial charge in [0, 0.05) is 6.08 Å². The third kappa shape index (κ3) is 4.80. The lowest BCUT2D eigenvalue weighted by Gasteiger charge is -2.07. The van der Waals surface area contributed by atoms with Gasteiger partial charge >= 0.3 is 5.97 Å². The zero-order valence-electron chi connectivity index (χ0n) is 16.1. The van der Waals surface area contributed by atoms with Gasteiger partial charge in [-0.1, -0.05) is 48.0 Å². The lowest BCUT2D eigenvalue weighted by Crippen LogP contribution is -2.03. The molecule has 4 heteroatoms. The molecule has 0 heterocycles. The van der Waals surface area contributed by atoms with E-state index in [1.807, 2.05) is 18.2 Å². The van der Waals surface area contributed by atoms with Gasteiger partial charge in [-0.3, -0.25) is 0 Å². The van der Waals surface area contributed by atoms with E-state index in [9.17, 15) is 4.79 Å². The lowest BCUT2D eigenvalue weighted by molar-refractivity contribution is -0.128. The highest BCUT2D eigenvalue weighted by molar-refractivity contribution is 5.89. The molecule has 0 unspecified atom stereocenters. The van der Waals surface area contributed by atoms with Gasteiger partial charge in [0.05, 0.1) is 14.2 Å². The highest BCUT2D eigenvalue weighted by Gasteiger charge is 2.05. The van der Waals surface area contributed by atoms with Crippen LogP contribution in [0.5, 0.6) is 17.2 Å². The molecule has 0 aliphatic heterocycles. The molecule has 0 fully saturated rings. The van der Waals surface area contributed by atoms with Crippen molar-refractivity contribution < 1.29 is 19.0 Å². The number of methoxy groups -OCH3 is 2. The van der Waals surface area contributed by atoms with Crippen molar-refractivity contribution >= 4 is 12.0 Å². The molecule has 0 radical (unpaired) electrons. The number of ether oxygens (including phenoxy) is 3. The summed E-state index contributed by atoms with van der Waals surface area (Å²) in [6.45, 7) is 2.06. The summed E-state index contributed by atoms with van der Waals surface area (Å²) < 4.78 is 15.8. The molecule has 0 aliphatic rings. The van der Waals surface area contributed by atoms with Gasteiger partial charge in [-0.15, -0.1) is 0 Å². The number of benzene rings is 3. The zero-order valence-corrected chi connectivity index (χ0v) is 16.1. The molecule has 28 heavy (non-hydrogen) atoms. The maximum atomic E-state index is 12.1. The van der Waals surface area contributed by atoms with Gasteiger partial charge in [-0.05, 0) is 54.0 Å². The van der Waals surface area contributed by atoms with Crippen LogP contribution in [0.15, 0.2) is 72.8 Å². The molecular formula is C24H22O4. The minimum atomic E-state index is -0.446. The van der Waals surface area contributed by atoms with E-state index in [1.165, 1.54) is 11.6 Å². The van der Waals surface area contributed by atoms with Crippen molar-refractivity contribution in [3.8, 4) is 28.4 Å². The molecule has 0 saturated heterocycles. The Bertz CT molecular complexity index is 970. The van der Waals surface area contributed by atoms with Crippen LogP contribution < -0.4 is 14.2 Å². The van der Waals surface area contributed by atoms with Gasteiger partial charge in [0.1, 0.15) is 5.75 Å². The van der Waals surface area contributed by atoms with Crippen molar-refractivity contribution in [3.05, 3.63) is 83.9 Å². The second kappa shape index (κ2) is 8.91. The van der Waals surface area contributed by atoms with Gasteiger partial charge < -0.3 is 14.2 Å². The Kier molecular flexibility index (Phi) is 6.12. The van der Waals surface area contributed by atoms with Crippen LogP contribution in [0.3, 0.4) is 0 Å². The Morgan fingerprint density at radius 3 is 2.00 bits per heavy atom. The number of esters is 1. The molecule has 3 rings (SSSR count). The molecule has 0 amide bonds. The summed E-state index contributed by atoms with van der Waals surface area (Å²) in [6, 6.07) is 21.1. The topological polar surface area (TPSA) is 44.8 Å². The average molecular weight is 374 g/mol. The molecule has 0 saturated carbocycles. The number of rotatable bonds is 6. The quantitative estimate of drug-likeness (QED) is 0.334. The monoisotopic (exact) mass is 374 g/mol. The van der Waals surface area contributed by atoms with E-state index in [1.54, 1.807) is 44.6 Å². The van der Waals surface area contributed by atoms with Gasteiger partial charge in [-0.2, -0.15) is 0 Å². The third-order valence-corrected chi connectivity index (χ3v) is 4.28. The minimum absolute atomic E-state index is 0.446. The van der Waals surface area contributed by atoms with Crippen LogP contribution in [-0.4, -0.2) is 20.2 Å². The average Bonchev–Trinajstić information content (AvgIpc) is 2.73. The summed E-state index contributed by atoms with van der Waals surface area (Å²) in [5, 5.41) is 0. The van der Waals surface area contributed by atoms with Gasteiger partial charge in [0.15, 0.2) is 11.5 Å². The van der Waals surface area contributed by atoms with E-state index in [2.05, 4.69) is 31.2 Å². The second-order valence-electron chi connectivity index (χ2n) is 6.26. The molecule has 0 aromatic heterocycles. The second-order valence-corrected chi connectivity index (χ2v) is 6.26. The van der Waals surface area contributed by atoms with E-state index in [4.69, 9.17) is 14.2 Å². The Morgan fingerprint density at radius 2 is 1.39 bits per heavy atom. The summed E-state index contributed by atoms with van der Waals surface area (Å²) in [4.78, 5) is 12.1. The molecule has 142 valence electrons. The van der Waals surface area contributed by atoms with Crippen LogP contribution >= 0.6 is 0 Å². The van der Waals surface area contributed by atoms with Crippen LogP contribution in [-0.2, 0) is 4.79 Å². The summed E-state index contributed by atoms with van der Waals surface area (Å²) in [6.07, 6.45) is 3.06. The first-order valence-electron chi connectivity index (χ1n) is 8.88. The SMILES string of the molecule is COc1ccc(/C=C/C(=O)Oc2ccc(-c3ccc(C)cc3)cc2)cc1OC. The third-order valence-electron chi connectivity index (χ3n) is 4.28. The van der Waals surface area contributed by atoms with E-state index >= 15 is 0 Å². The van der Waals surface area contributed by atoms with Gasteiger partial charge in [0.2, 0.25) is 0 Å². The predicted octanol–water partition coefficient (Wildman–Crippen LogP) is 5.30. The maximum absolute atomic E-state index is 12.1. The summed E-state index contributed by atoms with van der Waals surface area (Å²) >= 11 is 0. The van der Waals surface area contributed by atoms with Crippen LogP contribution in [0.1, 0.15) is 11.1 Å². The molecule has 0 aliphatic carbocycles. The number of hydrogen-bond donors (Lipinski definition) is 0. The molecule has 0 bridgehead atoms. The maximum Gasteiger partial charge on any atom is 0.336 e. The standard InChI is InChI=1S/C24H22O4/c1-17-4-8-19(9-5-17)20-10-12-21(13-11-20)28-24(25)15-7-18-6-14-22(26-2)23(16-18)27-3/h4-16H,1-3H3/b15-7+. The molecule has 0 spiro atoms. The van der Waals surface area contributed by atoms with Crippen molar-refractivity contribution in [3.63, 3.8) is 0 Å². The van der Waals surface area contributed by atoms with Crippen molar-refractivity contribution in [2.24, 2.45) is 0 Å². The Labute approximate surface area is 165 Å². The predicted molar refractivity (Wildman–Crippen MR) is 111 cm³/mol. The van der Waals surface area contributed by atoms with Crippen molar-refractivity contribution in [1.29, 1.82) is 0 Å². The Morgan fingerprint density at radius 1 is 0.786 bits per heavy atom. The highest BCUT2D eigenvalue weighted by atomic mass is 16.5. The molecule has 3 aromatic rings. The van der Waals surface area contributed by atoms with Crippen LogP contribution in [0.25, 0.3) is 17.2 Å². The number of hydrogen-bond acceptors (Lipinski definition) is 4. The largest absolute Gasteiger partial charge is 0.493 e. The van der Waals surface area contributed by atoms with Gasteiger partial charge in [-0.25, -0.2) is 4.79 Å². The lowest BCUT2D eigenvalue weighted by atomic mass is 10.0. The highest BCUT2D eigenvalue weighted by Crippen LogP contribution is 2.28. The smallest absolute Gasteiger partial charge is 0.336 e. The fraction of sp³-hybridized carbons (Fsp3) is 0.125. The number of carbonyl (C=O) groups is 1. The van der Waals surface area contributed by atoms with E-state index in [0.29, 0.717) is 17.2 Å². The molecule has 3 aromatic carbocycles. The molecular weight excluding hydrogens is 352 g/mol. The minimum Gasteiger partial charge on any atom is -0.493 e. The normalized spacial score (nSPS) is 10.7. The van der Waals surface area contributed by atoms with Crippen LogP contribution in [0.2, 0.25) is 0 Å². The number of carbonyl (C=O) groups excluding carboxylic acids is 1. The van der Waals surface area contributed by atoms with Crippen LogP contribution in [0, 0.1) is 6.92 Å². The zero-order chi connectivity index (χ0) is 19.9. The fourth-order valence-electron chi connectivity index (χ4n) is 2.73. The summed E-state index contributed by atoms with van der Waals surface area (Å²) in [5.41, 5.74) is 4.22. The first-order valence-corrected chi connectivity index (χ1v) is 8.88. The van der Waals surface area contributed by atoms with Crippen molar-refractivity contribution in [1.82, 2.24) is 0 Å².